The molecular formula is C17H23NO4. The van der Waals surface area contributed by atoms with Gasteiger partial charge in [-0.3, -0.25) is 4.79 Å². The number of ether oxygens (including phenoxy) is 1. The molecule has 1 unspecified atom stereocenters. The van der Waals surface area contributed by atoms with Crippen LogP contribution in [0.25, 0.3) is 0 Å². The average molecular weight is 305 g/mol. The van der Waals surface area contributed by atoms with Crippen LogP contribution in [0.5, 0.6) is 0 Å². The van der Waals surface area contributed by atoms with Crippen molar-refractivity contribution in [1.29, 1.82) is 0 Å². The van der Waals surface area contributed by atoms with Gasteiger partial charge >= 0.3 is 5.97 Å². The SMILES string of the molecule is Cc1cc(C(=O)O)cc(C(=O)NC2CC(C)(C)OC2(C)C)c1. The number of amides is 1. The summed E-state index contributed by atoms with van der Waals surface area (Å²) < 4.78 is 5.96. The predicted molar refractivity (Wildman–Crippen MR) is 83.3 cm³/mol. The smallest absolute Gasteiger partial charge is 0.335 e. The van der Waals surface area contributed by atoms with Crippen LogP contribution in [0.2, 0.25) is 0 Å². The third-order valence-corrected chi connectivity index (χ3v) is 3.97. The molecule has 1 saturated heterocycles. The fraction of sp³-hybridized carbons (Fsp3) is 0.529. The maximum absolute atomic E-state index is 12.5. The number of hydrogen-bond donors (Lipinski definition) is 2. The van der Waals surface area contributed by atoms with E-state index < -0.39 is 11.6 Å². The van der Waals surface area contributed by atoms with E-state index in [1.165, 1.54) is 6.07 Å². The number of carboxylic acids is 1. The summed E-state index contributed by atoms with van der Waals surface area (Å²) in [5, 5.41) is 12.1. The monoisotopic (exact) mass is 305 g/mol. The fourth-order valence-corrected chi connectivity index (χ4v) is 3.07. The van der Waals surface area contributed by atoms with Gasteiger partial charge in [0.25, 0.3) is 5.91 Å². The van der Waals surface area contributed by atoms with Crippen molar-refractivity contribution < 1.29 is 19.4 Å². The van der Waals surface area contributed by atoms with Crippen LogP contribution in [0.4, 0.5) is 0 Å². The molecule has 0 radical (unpaired) electrons. The Bertz CT molecular complexity index is 619. The second-order valence-electron chi connectivity index (χ2n) is 7.09. The summed E-state index contributed by atoms with van der Waals surface area (Å²) in [6, 6.07) is 4.52. The van der Waals surface area contributed by atoms with Gasteiger partial charge in [0, 0.05) is 5.56 Å². The number of carboxylic acid groups (broad SMARTS) is 1. The molecule has 1 atom stereocenters. The maximum Gasteiger partial charge on any atom is 0.335 e. The molecule has 0 aromatic heterocycles. The van der Waals surface area contributed by atoms with E-state index >= 15 is 0 Å². The summed E-state index contributed by atoms with van der Waals surface area (Å²) in [5.74, 6) is -1.31. The highest BCUT2D eigenvalue weighted by Crippen LogP contribution is 2.37. The Morgan fingerprint density at radius 3 is 2.27 bits per heavy atom. The standard InChI is InChI=1S/C17H23NO4/c1-10-6-11(8-12(7-10)15(20)21)14(19)18-13-9-16(2,3)22-17(13,4)5/h6-8,13H,9H2,1-5H3,(H,18,19)(H,20,21). The Morgan fingerprint density at radius 2 is 1.77 bits per heavy atom. The molecule has 5 nitrogen and oxygen atoms in total. The molecule has 1 aliphatic heterocycles. The number of aromatic carboxylic acids is 1. The molecule has 0 spiro atoms. The first-order chi connectivity index (χ1) is 10.00. The Hall–Kier alpha value is -1.88. The van der Waals surface area contributed by atoms with Gasteiger partial charge in [0.05, 0.1) is 22.8 Å². The lowest BCUT2D eigenvalue weighted by Gasteiger charge is -2.27. The summed E-state index contributed by atoms with van der Waals surface area (Å²) in [6.07, 6.45) is 0.712. The Balaban J connectivity index is 2.21. The number of nitrogens with one attached hydrogen (secondary N) is 1. The zero-order valence-corrected chi connectivity index (χ0v) is 13.7. The molecule has 1 aromatic rings. The van der Waals surface area contributed by atoms with Crippen LogP contribution in [-0.4, -0.2) is 34.2 Å². The first-order valence-electron chi connectivity index (χ1n) is 7.36. The minimum atomic E-state index is -1.04. The summed E-state index contributed by atoms with van der Waals surface area (Å²) in [6.45, 7) is 9.67. The molecular weight excluding hydrogens is 282 g/mol. The van der Waals surface area contributed by atoms with Crippen LogP contribution < -0.4 is 5.32 Å². The van der Waals surface area contributed by atoms with Crippen LogP contribution in [-0.2, 0) is 4.74 Å². The summed E-state index contributed by atoms with van der Waals surface area (Å²) in [7, 11) is 0. The number of hydrogen-bond acceptors (Lipinski definition) is 3. The van der Waals surface area contributed by atoms with Crippen molar-refractivity contribution in [2.24, 2.45) is 0 Å². The van der Waals surface area contributed by atoms with Crippen molar-refractivity contribution in [3.05, 3.63) is 34.9 Å². The first-order valence-corrected chi connectivity index (χ1v) is 7.36. The molecule has 0 bridgehead atoms. The van der Waals surface area contributed by atoms with E-state index in [9.17, 15) is 9.59 Å². The minimum Gasteiger partial charge on any atom is -0.478 e. The predicted octanol–water partition coefficient (Wildman–Crippen LogP) is 2.77. The van der Waals surface area contributed by atoms with Crippen molar-refractivity contribution >= 4 is 11.9 Å². The van der Waals surface area contributed by atoms with E-state index in [4.69, 9.17) is 9.84 Å². The van der Waals surface area contributed by atoms with E-state index in [-0.39, 0.29) is 23.1 Å². The number of benzene rings is 1. The normalized spacial score (nSPS) is 22.3. The number of carbonyl (C=O) groups excluding carboxylic acids is 1. The van der Waals surface area contributed by atoms with E-state index in [0.29, 0.717) is 12.0 Å². The van der Waals surface area contributed by atoms with Gasteiger partial charge in [-0.1, -0.05) is 0 Å². The number of carbonyl (C=O) groups is 2. The maximum atomic E-state index is 12.5. The van der Waals surface area contributed by atoms with Gasteiger partial charge in [0.1, 0.15) is 0 Å². The lowest BCUT2D eigenvalue weighted by molar-refractivity contribution is -0.0693. The zero-order chi connectivity index (χ0) is 16.7. The minimum absolute atomic E-state index is 0.118. The van der Waals surface area contributed by atoms with E-state index in [0.717, 1.165) is 5.56 Å². The molecule has 0 saturated carbocycles. The van der Waals surface area contributed by atoms with Gasteiger partial charge < -0.3 is 15.2 Å². The van der Waals surface area contributed by atoms with Crippen molar-refractivity contribution in [1.82, 2.24) is 5.32 Å². The van der Waals surface area contributed by atoms with Gasteiger partial charge in [0.15, 0.2) is 0 Å². The Kier molecular flexibility index (Phi) is 4.04. The van der Waals surface area contributed by atoms with Crippen molar-refractivity contribution in [3.8, 4) is 0 Å². The van der Waals surface area contributed by atoms with E-state index in [1.54, 1.807) is 19.1 Å². The molecule has 1 amide bonds. The number of rotatable bonds is 3. The van der Waals surface area contributed by atoms with Gasteiger partial charge in [-0.25, -0.2) is 4.79 Å². The molecule has 1 aromatic carbocycles. The fourth-order valence-electron chi connectivity index (χ4n) is 3.07. The second kappa shape index (κ2) is 5.39. The second-order valence-corrected chi connectivity index (χ2v) is 7.09. The molecule has 0 aliphatic carbocycles. The highest BCUT2D eigenvalue weighted by atomic mass is 16.5. The molecule has 22 heavy (non-hydrogen) atoms. The van der Waals surface area contributed by atoms with E-state index in [2.05, 4.69) is 5.32 Å². The van der Waals surface area contributed by atoms with Crippen LogP contribution in [0, 0.1) is 6.92 Å². The lowest BCUT2D eigenvalue weighted by Crippen LogP contribution is -2.46. The largest absolute Gasteiger partial charge is 0.478 e. The zero-order valence-electron chi connectivity index (χ0n) is 13.7. The molecule has 1 heterocycles. The topological polar surface area (TPSA) is 75.6 Å². The molecule has 2 N–H and O–H groups in total. The first kappa shape index (κ1) is 16.5. The van der Waals surface area contributed by atoms with Gasteiger partial charge in [-0.05, 0) is 64.8 Å². The van der Waals surface area contributed by atoms with Crippen molar-refractivity contribution in [2.75, 3.05) is 0 Å². The third kappa shape index (κ3) is 3.47. The summed E-state index contributed by atoms with van der Waals surface area (Å²) >= 11 is 0. The van der Waals surface area contributed by atoms with Crippen LogP contribution in [0.3, 0.4) is 0 Å². The molecule has 2 rings (SSSR count). The quantitative estimate of drug-likeness (QED) is 0.900. The summed E-state index contributed by atoms with van der Waals surface area (Å²) in [4.78, 5) is 23.6. The van der Waals surface area contributed by atoms with Crippen LogP contribution >= 0.6 is 0 Å². The van der Waals surface area contributed by atoms with Gasteiger partial charge in [-0.15, -0.1) is 0 Å². The summed E-state index contributed by atoms with van der Waals surface area (Å²) in [5.41, 5.74) is 0.469. The molecule has 5 heteroatoms. The molecule has 120 valence electrons. The van der Waals surface area contributed by atoms with Crippen molar-refractivity contribution in [3.63, 3.8) is 0 Å². The average Bonchev–Trinajstić information content (AvgIpc) is 2.56. The van der Waals surface area contributed by atoms with Gasteiger partial charge in [0.2, 0.25) is 0 Å². The van der Waals surface area contributed by atoms with Crippen LogP contribution in [0.1, 0.15) is 60.4 Å². The third-order valence-electron chi connectivity index (χ3n) is 3.97. The van der Waals surface area contributed by atoms with Gasteiger partial charge in [-0.2, -0.15) is 0 Å². The number of aryl methyl sites for hydroxylation is 1. The van der Waals surface area contributed by atoms with Crippen LogP contribution in [0.15, 0.2) is 18.2 Å². The van der Waals surface area contributed by atoms with E-state index in [1.807, 2.05) is 27.7 Å². The molecule has 1 fully saturated rings. The van der Waals surface area contributed by atoms with Crippen molar-refractivity contribution in [2.45, 2.75) is 58.3 Å². The highest BCUT2D eigenvalue weighted by molar-refractivity contribution is 5.98. The highest BCUT2D eigenvalue weighted by Gasteiger charge is 2.46. The lowest BCUT2D eigenvalue weighted by atomic mass is 9.94. The Labute approximate surface area is 130 Å². The molecule has 1 aliphatic rings. The Morgan fingerprint density at radius 1 is 1.18 bits per heavy atom.